The van der Waals surface area contributed by atoms with E-state index in [1.165, 1.54) is 63.5 Å². The van der Waals surface area contributed by atoms with Crippen LogP contribution < -0.4 is 4.74 Å². The van der Waals surface area contributed by atoms with E-state index in [1.807, 2.05) is 0 Å². The van der Waals surface area contributed by atoms with Crippen molar-refractivity contribution in [3.8, 4) is 11.5 Å². The van der Waals surface area contributed by atoms with Gasteiger partial charge in [0.05, 0.1) is 0 Å². The average Bonchev–Trinajstić information content (AvgIpc) is 2.91. The maximum absolute atomic E-state index is 12.3. The molecule has 0 bridgehead atoms. The van der Waals surface area contributed by atoms with Gasteiger partial charge in [0.25, 0.3) is 20.2 Å². The van der Waals surface area contributed by atoms with E-state index in [-0.39, 0.29) is 70.6 Å². The van der Waals surface area contributed by atoms with E-state index in [2.05, 4.69) is 13.8 Å². The van der Waals surface area contributed by atoms with Crippen LogP contribution in [0, 0.1) is 0 Å². The molecular weight excluding hydrogens is 606 g/mol. The number of aryl methyl sites for hydroxylation is 2. The van der Waals surface area contributed by atoms with E-state index in [1.54, 1.807) is 24.3 Å². The Morgan fingerprint density at radius 3 is 1.12 bits per heavy atom. The third-order valence-corrected chi connectivity index (χ3v) is 9.23. The maximum atomic E-state index is 12.3. The maximum Gasteiger partial charge on any atom is 0.298 e. The van der Waals surface area contributed by atoms with Crippen LogP contribution in [0.2, 0.25) is 0 Å². The van der Waals surface area contributed by atoms with Crippen molar-refractivity contribution < 1.29 is 30.7 Å². The molecule has 0 aliphatic heterocycles. The Balaban J connectivity index is 0.00000882. The number of hydrogen-bond donors (Lipinski definition) is 2. The molecular formula is C32H50Na2O7S2. The molecule has 0 aromatic heterocycles. The second kappa shape index (κ2) is 23.4. The molecule has 2 rings (SSSR count). The zero-order valence-electron chi connectivity index (χ0n) is 26.9. The second-order valence-corrected chi connectivity index (χ2v) is 13.8. The van der Waals surface area contributed by atoms with Crippen LogP contribution in [0.4, 0.5) is 0 Å². The Labute approximate surface area is 305 Å². The van der Waals surface area contributed by atoms with Crippen molar-refractivity contribution in [1.29, 1.82) is 0 Å². The van der Waals surface area contributed by atoms with Crippen molar-refractivity contribution in [3.63, 3.8) is 0 Å². The van der Waals surface area contributed by atoms with E-state index in [0.717, 1.165) is 51.4 Å². The van der Waals surface area contributed by atoms with Gasteiger partial charge in [-0.15, -0.1) is 0 Å². The fourth-order valence-corrected chi connectivity index (χ4v) is 6.47. The summed E-state index contributed by atoms with van der Waals surface area (Å²) in [6, 6.07) is 9.06. The molecule has 2 aromatic carbocycles. The summed E-state index contributed by atoms with van der Waals surface area (Å²) in [4.78, 5) is -0.838. The summed E-state index contributed by atoms with van der Waals surface area (Å²) >= 11 is 0. The Morgan fingerprint density at radius 2 is 0.814 bits per heavy atom. The molecule has 234 valence electrons. The first-order chi connectivity index (χ1) is 19.6. The van der Waals surface area contributed by atoms with Crippen LogP contribution in [0.3, 0.4) is 0 Å². The van der Waals surface area contributed by atoms with Gasteiger partial charge in [0.1, 0.15) is 9.79 Å². The normalized spacial score (nSPS) is 11.5. The van der Waals surface area contributed by atoms with E-state index in [4.69, 9.17) is 4.74 Å². The number of para-hydroxylation sites is 2. The van der Waals surface area contributed by atoms with Crippen molar-refractivity contribution >= 4 is 79.4 Å². The summed E-state index contributed by atoms with van der Waals surface area (Å²) in [5.41, 5.74) is 1.13. The molecule has 11 heteroatoms. The van der Waals surface area contributed by atoms with Crippen LogP contribution in [0.1, 0.15) is 128 Å². The van der Waals surface area contributed by atoms with E-state index < -0.39 is 30.0 Å². The summed E-state index contributed by atoms with van der Waals surface area (Å²) in [5.74, 6) is -0.183. The molecule has 0 amide bonds. The first kappa shape index (κ1) is 43.1. The minimum atomic E-state index is -4.66. The predicted molar refractivity (Wildman–Crippen MR) is 177 cm³/mol. The number of rotatable bonds is 22. The second-order valence-electron chi connectivity index (χ2n) is 11.0. The monoisotopic (exact) mass is 656 g/mol. The third kappa shape index (κ3) is 16.4. The van der Waals surface area contributed by atoms with E-state index >= 15 is 0 Å². The molecule has 0 aliphatic rings. The van der Waals surface area contributed by atoms with E-state index in [0.29, 0.717) is 24.0 Å². The van der Waals surface area contributed by atoms with Crippen molar-refractivity contribution in [2.75, 3.05) is 0 Å². The topological polar surface area (TPSA) is 118 Å². The standard InChI is InChI=1S/C32H50O7S2.2Na/c1-3-5-7-9-11-13-15-17-21-27-23-19-25-29(40(33,34)35)31(27)39-32-28(24-20-26-30(32)41(36,37)38)22-18-16-14-12-10-8-6-4-2;;/h19-20,23-26H,3-18,21-22H2,1-2H3,(H,33,34,35)(H,36,37,38);;. The van der Waals surface area contributed by atoms with Gasteiger partial charge in [-0.2, -0.15) is 16.8 Å². The van der Waals surface area contributed by atoms with Gasteiger partial charge in [0.2, 0.25) is 0 Å². The molecule has 0 atom stereocenters. The SMILES string of the molecule is CCCCCCCCCCc1cccc(S(=O)(=O)O)c1Oc1c(CCCCCCCCCC)cccc1S(=O)(=O)O.[Na].[Na]. The van der Waals surface area contributed by atoms with Crippen LogP contribution in [-0.4, -0.2) is 85.1 Å². The Morgan fingerprint density at radius 1 is 0.512 bits per heavy atom. The molecule has 43 heavy (non-hydrogen) atoms. The van der Waals surface area contributed by atoms with Gasteiger partial charge in [-0.05, 0) is 48.9 Å². The summed E-state index contributed by atoms with van der Waals surface area (Å²) in [6.45, 7) is 4.38. The summed E-state index contributed by atoms with van der Waals surface area (Å²) < 4.78 is 75.3. The average molecular weight is 657 g/mol. The number of hydrogen-bond acceptors (Lipinski definition) is 5. The van der Waals surface area contributed by atoms with Crippen LogP contribution in [0.5, 0.6) is 11.5 Å². The zero-order chi connectivity index (χ0) is 30.1. The summed E-state index contributed by atoms with van der Waals surface area (Å²) in [5, 5.41) is 0. The smallest absolute Gasteiger partial charge is 0.298 e. The minimum Gasteiger partial charge on any atom is -0.454 e. The van der Waals surface area contributed by atoms with Gasteiger partial charge in [-0.25, -0.2) is 0 Å². The third-order valence-electron chi connectivity index (χ3n) is 7.48. The van der Waals surface area contributed by atoms with Crippen molar-refractivity contribution in [2.24, 2.45) is 0 Å². The summed E-state index contributed by atoms with van der Waals surface area (Å²) in [7, 11) is -9.31. The van der Waals surface area contributed by atoms with Crippen LogP contribution in [-0.2, 0) is 33.1 Å². The van der Waals surface area contributed by atoms with Gasteiger partial charge < -0.3 is 4.74 Å². The zero-order valence-corrected chi connectivity index (χ0v) is 32.6. The fraction of sp³-hybridized carbons (Fsp3) is 0.625. The van der Waals surface area contributed by atoms with Gasteiger partial charge >= 0.3 is 0 Å². The number of benzene rings is 2. The van der Waals surface area contributed by atoms with E-state index in [9.17, 15) is 25.9 Å². The Hall–Kier alpha value is 0.0600. The quantitative estimate of drug-likeness (QED) is 0.0740. The molecule has 0 spiro atoms. The summed E-state index contributed by atoms with van der Waals surface area (Å²) in [6.07, 6.45) is 18.8. The van der Waals surface area contributed by atoms with Crippen molar-refractivity contribution in [3.05, 3.63) is 47.5 Å². The van der Waals surface area contributed by atoms with Crippen LogP contribution in [0.15, 0.2) is 46.2 Å². The molecule has 0 saturated heterocycles. The predicted octanol–water partition coefficient (Wildman–Crippen LogP) is 8.58. The van der Waals surface area contributed by atoms with Gasteiger partial charge in [-0.3, -0.25) is 9.11 Å². The molecule has 0 heterocycles. The first-order valence-electron chi connectivity index (χ1n) is 15.5. The largest absolute Gasteiger partial charge is 0.454 e. The molecule has 0 saturated carbocycles. The molecule has 0 fully saturated rings. The molecule has 2 aromatic rings. The van der Waals surface area contributed by atoms with Crippen molar-refractivity contribution in [1.82, 2.24) is 0 Å². The molecule has 0 aliphatic carbocycles. The first-order valence-corrected chi connectivity index (χ1v) is 18.3. The number of ether oxygens (including phenoxy) is 1. The van der Waals surface area contributed by atoms with Gasteiger partial charge in [0, 0.05) is 59.1 Å². The Kier molecular flexibility index (Phi) is 23.4. The molecule has 2 radical (unpaired) electrons. The van der Waals surface area contributed by atoms with Gasteiger partial charge in [-0.1, -0.05) is 128 Å². The molecule has 2 N–H and O–H groups in total. The fourth-order valence-electron chi connectivity index (χ4n) is 5.15. The molecule has 0 unspecified atom stereocenters. The Bertz CT molecular complexity index is 1170. The van der Waals surface area contributed by atoms with Crippen LogP contribution in [0.25, 0.3) is 0 Å². The molecule has 7 nitrogen and oxygen atoms in total. The number of unbranched alkanes of at least 4 members (excludes halogenated alkanes) is 14. The van der Waals surface area contributed by atoms with Crippen LogP contribution >= 0.6 is 0 Å². The minimum absolute atomic E-state index is 0. The van der Waals surface area contributed by atoms with Gasteiger partial charge in [0.15, 0.2) is 11.5 Å². The van der Waals surface area contributed by atoms with Crippen molar-refractivity contribution in [2.45, 2.75) is 139 Å².